The maximum atomic E-state index is 5.57. The SMILES string of the molecule is Brc1cccc2c1OCCNC2. The van der Waals surface area contributed by atoms with E-state index in [4.69, 9.17) is 4.74 Å². The van der Waals surface area contributed by atoms with Gasteiger partial charge in [-0.3, -0.25) is 0 Å². The summed E-state index contributed by atoms with van der Waals surface area (Å²) in [5.74, 6) is 0.988. The van der Waals surface area contributed by atoms with E-state index < -0.39 is 0 Å². The second kappa shape index (κ2) is 3.46. The van der Waals surface area contributed by atoms with Crippen LogP contribution in [0.1, 0.15) is 5.56 Å². The zero-order valence-electron chi connectivity index (χ0n) is 6.64. The number of benzene rings is 1. The first-order valence-electron chi connectivity index (χ1n) is 3.99. The maximum Gasteiger partial charge on any atom is 0.138 e. The van der Waals surface area contributed by atoms with Crippen molar-refractivity contribution in [1.82, 2.24) is 5.32 Å². The molecule has 0 spiro atoms. The van der Waals surface area contributed by atoms with E-state index >= 15 is 0 Å². The van der Waals surface area contributed by atoms with Gasteiger partial charge in [-0.2, -0.15) is 0 Å². The van der Waals surface area contributed by atoms with Crippen molar-refractivity contribution in [2.75, 3.05) is 13.2 Å². The van der Waals surface area contributed by atoms with Gasteiger partial charge in [0.05, 0.1) is 4.47 Å². The normalized spacial score (nSPS) is 16.1. The zero-order valence-corrected chi connectivity index (χ0v) is 8.23. The predicted octanol–water partition coefficient (Wildman–Crippen LogP) is 1.93. The van der Waals surface area contributed by atoms with Gasteiger partial charge >= 0.3 is 0 Å². The molecule has 0 fully saturated rings. The maximum absolute atomic E-state index is 5.57. The summed E-state index contributed by atoms with van der Waals surface area (Å²) in [6.45, 7) is 2.56. The van der Waals surface area contributed by atoms with Crippen LogP contribution in [-0.4, -0.2) is 13.2 Å². The molecular weight excluding hydrogens is 218 g/mol. The molecule has 0 bridgehead atoms. The Labute approximate surface area is 80.1 Å². The van der Waals surface area contributed by atoms with E-state index in [9.17, 15) is 0 Å². The highest BCUT2D eigenvalue weighted by atomic mass is 79.9. The van der Waals surface area contributed by atoms with Crippen LogP contribution in [-0.2, 0) is 6.54 Å². The van der Waals surface area contributed by atoms with Crippen molar-refractivity contribution in [1.29, 1.82) is 0 Å². The van der Waals surface area contributed by atoms with Crippen molar-refractivity contribution in [3.05, 3.63) is 28.2 Å². The average Bonchev–Trinajstić information content (AvgIpc) is 2.30. The zero-order chi connectivity index (χ0) is 8.39. The van der Waals surface area contributed by atoms with E-state index in [0.717, 1.165) is 29.9 Å². The molecule has 1 heterocycles. The van der Waals surface area contributed by atoms with Gasteiger partial charge in [0.2, 0.25) is 0 Å². The standard InChI is InChI=1S/C9H10BrNO/c10-8-3-1-2-7-6-11-4-5-12-9(7)8/h1-3,11H,4-6H2. The van der Waals surface area contributed by atoms with Crippen LogP contribution in [0.15, 0.2) is 22.7 Å². The van der Waals surface area contributed by atoms with Gasteiger partial charge in [-0.05, 0) is 22.0 Å². The summed E-state index contributed by atoms with van der Waals surface area (Å²) in [6.07, 6.45) is 0. The molecule has 0 amide bonds. The van der Waals surface area contributed by atoms with Gasteiger partial charge in [0.15, 0.2) is 0 Å². The van der Waals surface area contributed by atoms with Crippen molar-refractivity contribution in [3.63, 3.8) is 0 Å². The summed E-state index contributed by atoms with van der Waals surface area (Å²) < 4.78 is 6.61. The molecule has 0 atom stereocenters. The van der Waals surface area contributed by atoms with Crippen LogP contribution in [0.4, 0.5) is 0 Å². The van der Waals surface area contributed by atoms with Crippen molar-refractivity contribution < 1.29 is 4.74 Å². The van der Waals surface area contributed by atoms with E-state index in [2.05, 4.69) is 27.3 Å². The smallest absolute Gasteiger partial charge is 0.138 e. The van der Waals surface area contributed by atoms with Crippen molar-refractivity contribution in [2.45, 2.75) is 6.54 Å². The fourth-order valence-electron chi connectivity index (χ4n) is 1.30. The first-order chi connectivity index (χ1) is 5.88. The lowest BCUT2D eigenvalue weighted by molar-refractivity contribution is 0.324. The molecule has 0 radical (unpaired) electrons. The Kier molecular flexibility index (Phi) is 2.33. The molecule has 12 heavy (non-hydrogen) atoms. The number of rotatable bonds is 0. The number of hydrogen-bond donors (Lipinski definition) is 1. The third-order valence-corrected chi connectivity index (χ3v) is 2.51. The molecule has 1 N–H and O–H groups in total. The molecule has 1 aliphatic rings. The lowest BCUT2D eigenvalue weighted by atomic mass is 10.2. The monoisotopic (exact) mass is 227 g/mol. The quantitative estimate of drug-likeness (QED) is 0.732. The Balaban J connectivity index is 2.42. The van der Waals surface area contributed by atoms with Gasteiger partial charge in [-0.15, -0.1) is 0 Å². The number of nitrogens with one attached hydrogen (secondary N) is 1. The number of fused-ring (bicyclic) bond motifs is 1. The summed E-state index contributed by atoms with van der Waals surface area (Å²) in [5, 5.41) is 3.28. The summed E-state index contributed by atoms with van der Waals surface area (Å²) in [4.78, 5) is 0. The Morgan fingerprint density at radius 1 is 1.42 bits per heavy atom. The molecule has 1 aliphatic heterocycles. The van der Waals surface area contributed by atoms with Gasteiger partial charge in [-0.25, -0.2) is 0 Å². The van der Waals surface area contributed by atoms with E-state index in [-0.39, 0.29) is 0 Å². The molecule has 1 aromatic carbocycles. The van der Waals surface area contributed by atoms with Gasteiger partial charge in [0, 0.05) is 18.7 Å². The van der Waals surface area contributed by atoms with Crippen LogP contribution in [0, 0.1) is 0 Å². The molecule has 0 unspecified atom stereocenters. The molecule has 0 aliphatic carbocycles. The molecule has 3 heteroatoms. The number of ether oxygens (including phenoxy) is 1. The minimum Gasteiger partial charge on any atom is -0.491 e. The van der Waals surface area contributed by atoms with Crippen LogP contribution in [0.5, 0.6) is 5.75 Å². The molecule has 0 saturated heterocycles. The second-order valence-electron chi connectivity index (χ2n) is 2.75. The molecule has 0 saturated carbocycles. The lowest BCUT2D eigenvalue weighted by Gasteiger charge is -2.07. The summed E-state index contributed by atoms with van der Waals surface area (Å²) in [6, 6.07) is 6.11. The molecule has 0 aromatic heterocycles. The fraction of sp³-hybridized carbons (Fsp3) is 0.333. The van der Waals surface area contributed by atoms with Crippen molar-refractivity contribution in [2.24, 2.45) is 0 Å². The van der Waals surface area contributed by atoms with Gasteiger partial charge in [0.1, 0.15) is 12.4 Å². The van der Waals surface area contributed by atoms with E-state index in [1.54, 1.807) is 0 Å². The largest absolute Gasteiger partial charge is 0.491 e. The Morgan fingerprint density at radius 3 is 3.25 bits per heavy atom. The van der Waals surface area contributed by atoms with E-state index in [1.165, 1.54) is 5.56 Å². The highest BCUT2D eigenvalue weighted by Crippen LogP contribution is 2.29. The first kappa shape index (κ1) is 8.08. The van der Waals surface area contributed by atoms with Crippen LogP contribution >= 0.6 is 15.9 Å². The average molecular weight is 228 g/mol. The van der Waals surface area contributed by atoms with Crippen LogP contribution in [0.3, 0.4) is 0 Å². The second-order valence-corrected chi connectivity index (χ2v) is 3.61. The minimum atomic E-state index is 0.746. The summed E-state index contributed by atoms with van der Waals surface area (Å²) >= 11 is 3.46. The predicted molar refractivity (Wildman–Crippen MR) is 51.3 cm³/mol. The number of halogens is 1. The highest BCUT2D eigenvalue weighted by Gasteiger charge is 2.10. The Hall–Kier alpha value is -0.540. The first-order valence-corrected chi connectivity index (χ1v) is 4.78. The van der Waals surface area contributed by atoms with Gasteiger partial charge in [0.25, 0.3) is 0 Å². The van der Waals surface area contributed by atoms with E-state index in [0.29, 0.717) is 0 Å². The van der Waals surface area contributed by atoms with Crippen LogP contribution in [0.25, 0.3) is 0 Å². The third kappa shape index (κ3) is 1.47. The fourth-order valence-corrected chi connectivity index (χ4v) is 1.82. The molecule has 2 rings (SSSR count). The minimum absolute atomic E-state index is 0.746. The van der Waals surface area contributed by atoms with Crippen LogP contribution in [0.2, 0.25) is 0 Å². The van der Waals surface area contributed by atoms with E-state index in [1.807, 2.05) is 12.1 Å². The topological polar surface area (TPSA) is 21.3 Å². The lowest BCUT2D eigenvalue weighted by Crippen LogP contribution is -2.16. The number of para-hydroxylation sites is 1. The molecule has 2 nitrogen and oxygen atoms in total. The molecule has 1 aromatic rings. The van der Waals surface area contributed by atoms with Crippen LogP contribution < -0.4 is 10.1 Å². The Bertz CT molecular complexity index is 288. The summed E-state index contributed by atoms with van der Waals surface area (Å²) in [5.41, 5.74) is 1.22. The van der Waals surface area contributed by atoms with Gasteiger partial charge < -0.3 is 10.1 Å². The third-order valence-electron chi connectivity index (χ3n) is 1.89. The van der Waals surface area contributed by atoms with Crippen molar-refractivity contribution >= 4 is 15.9 Å². The van der Waals surface area contributed by atoms with Crippen molar-refractivity contribution in [3.8, 4) is 5.75 Å². The molecule has 64 valence electrons. The number of hydrogen-bond acceptors (Lipinski definition) is 2. The Morgan fingerprint density at radius 2 is 2.33 bits per heavy atom. The highest BCUT2D eigenvalue weighted by molar-refractivity contribution is 9.10. The van der Waals surface area contributed by atoms with Gasteiger partial charge in [-0.1, -0.05) is 12.1 Å². The summed E-state index contributed by atoms with van der Waals surface area (Å²) in [7, 11) is 0. The molecular formula is C9H10BrNO.